The molecule has 2 N–H and O–H groups in total. The van der Waals surface area contributed by atoms with Crippen LogP contribution in [0.3, 0.4) is 0 Å². The Morgan fingerprint density at radius 2 is 1.82 bits per heavy atom. The van der Waals surface area contributed by atoms with Crippen molar-refractivity contribution in [2.45, 2.75) is 6.61 Å². The Balaban J connectivity index is 1.74. The normalized spacial score (nSPS) is 11.1. The molecule has 3 aromatic carbocycles. The fourth-order valence-electron chi connectivity index (χ4n) is 2.59. The number of methoxy groups -OCH3 is 1. The summed E-state index contributed by atoms with van der Waals surface area (Å²) < 4.78 is 34.0. The molecule has 3 aromatic rings. The predicted molar refractivity (Wildman–Crippen MR) is 100 cm³/mol. The lowest BCUT2D eigenvalue weighted by Gasteiger charge is -2.10. The zero-order valence-corrected chi connectivity index (χ0v) is 14.7. The summed E-state index contributed by atoms with van der Waals surface area (Å²) in [5.41, 5.74) is 2.88. The largest absolute Gasteiger partial charge is 0.507 e. The van der Waals surface area contributed by atoms with Gasteiger partial charge >= 0.3 is 6.61 Å². The second-order valence-corrected chi connectivity index (χ2v) is 5.70. The van der Waals surface area contributed by atoms with E-state index in [-0.39, 0.29) is 22.8 Å². The van der Waals surface area contributed by atoms with Crippen LogP contribution in [-0.2, 0) is 0 Å². The Kier molecular flexibility index (Phi) is 5.69. The van der Waals surface area contributed by atoms with Crippen LogP contribution in [0.1, 0.15) is 15.9 Å². The van der Waals surface area contributed by atoms with Crippen molar-refractivity contribution in [3.05, 3.63) is 65.7 Å². The van der Waals surface area contributed by atoms with E-state index in [0.29, 0.717) is 5.56 Å². The number of aromatic hydroxyl groups is 1. The van der Waals surface area contributed by atoms with Crippen LogP contribution < -0.4 is 14.9 Å². The van der Waals surface area contributed by atoms with Gasteiger partial charge in [-0.15, -0.1) is 0 Å². The molecule has 0 atom stereocenters. The van der Waals surface area contributed by atoms with Gasteiger partial charge in [-0.05, 0) is 46.7 Å². The van der Waals surface area contributed by atoms with Gasteiger partial charge in [-0.25, -0.2) is 5.43 Å². The maximum Gasteiger partial charge on any atom is 0.387 e. The number of hydrogen-bond donors (Lipinski definition) is 2. The van der Waals surface area contributed by atoms with Crippen molar-refractivity contribution in [3.8, 4) is 17.2 Å². The van der Waals surface area contributed by atoms with Gasteiger partial charge in [-0.1, -0.05) is 24.3 Å². The number of carbonyl (C=O) groups excluding carboxylic acids is 1. The van der Waals surface area contributed by atoms with E-state index < -0.39 is 12.5 Å². The van der Waals surface area contributed by atoms with Crippen molar-refractivity contribution in [1.29, 1.82) is 0 Å². The van der Waals surface area contributed by atoms with Crippen LogP contribution in [0.5, 0.6) is 17.2 Å². The van der Waals surface area contributed by atoms with Crippen LogP contribution in [0.25, 0.3) is 10.8 Å². The van der Waals surface area contributed by atoms with E-state index >= 15 is 0 Å². The zero-order chi connectivity index (χ0) is 20.1. The molecule has 0 spiro atoms. The monoisotopic (exact) mass is 386 g/mol. The van der Waals surface area contributed by atoms with Crippen molar-refractivity contribution in [2.75, 3.05) is 7.11 Å². The molecule has 28 heavy (non-hydrogen) atoms. The molecule has 0 aliphatic carbocycles. The Labute approximate surface area is 159 Å². The molecule has 0 saturated carbocycles. The number of benzene rings is 3. The lowest BCUT2D eigenvalue weighted by atomic mass is 10.1. The molecule has 0 fully saturated rings. The van der Waals surface area contributed by atoms with E-state index in [1.54, 1.807) is 6.07 Å². The van der Waals surface area contributed by atoms with Gasteiger partial charge in [0.15, 0.2) is 11.5 Å². The number of amides is 1. The molecule has 0 aliphatic heterocycles. The van der Waals surface area contributed by atoms with Crippen LogP contribution in [-0.4, -0.2) is 30.9 Å². The number of nitrogens with zero attached hydrogens (tertiary/aromatic N) is 1. The topological polar surface area (TPSA) is 80.2 Å². The molecule has 0 unspecified atom stereocenters. The smallest absolute Gasteiger partial charge is 0.387 e. The maximum absolute atomic E-state index is 12.3. The fraction of sp³-hybridized carbons (Fsp3) is 0.100. The first kappa shape index (κ1) is 19.1. The number of ether oxygens (including phenoxy) is 2. The molecule has 0 saturated heterocycles. The van der Waals surface area contributed by atoms with Crippen molar-refractivity contribution < 1.29 is 28.2 Å². The molecule has 1 amide bonds. The molecule has 0 radical (unpaired) electrons. The first-order chi connectivity index (χ1) is 13.5. The van der Waals surface area contributed by atoms with Crippen LogP contribution >= 0.6 is 0 Å². The van der Waals surface area contributed by atoms with Gasteiger partial charge in [0.25, 0.3) is 5.91 Å². The summed E-state index contributed by atoms with van der Waals surface area (Å²) in [6.07, 6.45) is 1.31. The van der Waals surface area contributed by atoms with Crippen LogP contribution in [0.15, 0.2) is 59.7 Å². The number of alkyl halides is 2. The summed E-state index contributed by atoms with van der Waals surface area (Å²) in [6, 6.07) is 14.6. The number of carbonyl (C=O) groups is 1. The van der Waals surface area contributed by atoms with Gasteiger partial charge in [0.1, 0.15) is 5.75 Å². The molecule has 0 heterocycles. The molecule has 3 rings (SSSR count). The Morgan fingerprint density at radius 1 is 1.11 bits per heavy atom. The van der Waals surface area contributed by atoms with Crippen LogP contribution in [0.4, 0.5) is 8.78 Å². The molecule has 6 nitrogen and oxygen atoms in total. The second kappa shape index (κ2) is 8.34. The standard InChI is InChI=1S/C20H16F2N2O4/c1-27-18-8-12(6-7-17(18)28-20(21)22)11-23-24-19(26)15-9-13-4-2-3-5-14(13)10-16(15)25/h2-11,20,25H,1H3,(H,24,26)/b23-11-. The average Bonchev–Trinajstić information content (AvgIpc) is 2.68. The van der Waals surface area contributed by atoms with Gasteiger partial charge in [0.05, 0.1) is 18.9 Å². The van der Waals surface area contributed by atoms with Gasteiger partial charge in [-0.3, -0.25) is 4.79 Å². The lowest BCUT2D eigenvalue weighted by Crippen LogP contribution is -2.17. The highest BCUT2D eigenvalue weighted by molar-refractivity contribution is 6.01. The summed E-state index contributed by atoms with van der Waals surface area (Å²) in [6.45, 7) is -2.97. The van der Waals surface area contributed by atoms with Crippen molar-refractivity contribution in [2.24, 2.45) is 5.10 Å². The molecule has 144 valence electrons. The number of fused-ring (bicyclic) bond motifs is 1. The maximum atomic E-state index is 12.3. The Morgan fingerprint density at radius 3 is 2.50 bits per heavy atom. The SMILES string of the molecule is COc1cc(/C=N\NC(=O)c2cc3ccccc3cc2O)ccc1OC(F)F. The quantitative estimate of drug-likeness (QED) is 0.497. The second-order valence-electron chi connectivity index (χ2n) is 5.70. The minimum atomic E-state index is -2.97. The molecule has 0 bridgehead atoms. The predicted octanol–water partition coefficient (Wildman–Crippen LogP) is 3.92. The molecule has 0 aromatic heterocycles. The van der Waals surface area contributed by atoms with Gasteiger partial charge in [0, 0.05) is 0 Å². The first-order valence-corrected chi connectivity index (χ1v) is 8.16. The van der Waals surface area contributed by atoms with Gasteiger partial charge < -0.3 is 14.6 Å². The summed E-state index contributed by atoms with van der Waals surface area (Å²) in [5, 5.41) is 15.5. The van der Waals surface area contributed by atoms with Crippen molar-refractivity contribution in [3.63, 3.8) is 0 Å². The van der Waals surface area contributed by atoms with Crippen molar-refractivity contribution in [1.82, 2.24) is 5.43 Å². The first-order valence-electron chi connectivity index (χ1n) is 8.16. The highest BCUT2D eigenvalue weighted by Crippen LogP contribution is 2.29. The zero-order valence-electron chi connectivity index (χ0n) is 14.7. The summed E-state index contributed by atoms with van der Waals surface area (Å²) in [4.78, 5) is 12.3. The third-order valence-electron chi connectivity index (χ3n) is 3.89. The summed E-state index contributed by atoms with van der Waals surface area (Å²) in [7, 11) is 1.32. The Hall–Kier alpha value is -3.68. The molecular formula is C20H16F2N2O4. The minimum absolute atomic E-state index is 0.0779. The Bertz CT molecular complexity index is 1040. The van der Waals surface area contributed by atoms with E-state index in [1.807, 2.05) is 24.3 Å². The van der Waals surface area contributed by atoms with E-state index in [2.05, 4.69) is 15.3 Å². The van der Waals surface area contributed by atoms with E-state index in [4.69, 9.17) is 4.74 Å². The molecular weight excluding hydrogens is 370 g/mol. The third-order valence-corrected chi connectivity index (χ3v) is 3.89. The summed E-state index contributed by atoms with van der Waals surface area (Å²) >= 11 is 0. The lowest BCUT2D eigenvalue weighted by molar-refractivity contribution is -0.0512. The number of hydrazone groups is 1. The van der Waals surface area contributed by atoms with E-state index in [1.165, 1.54) is 37.6 Å². The third kappa shape index (κ3) is 4.35. The fourth-order valence-corrected chi connectivity index (χ4v) is 2.59. The number of phenols is 1. The molecule has 0 aliphatic rings. The number of nitrogens with one attached hydrogen (secondary N) is 1. The number of hydrogen-bond acceptors (Lipinski definition) is 5. The van der Waals surface area contributed by atoms with E-state index in [9.17, 15) is 18.7 Å². The molecule has 8 heteroatoms. The van der Waals surface area contributed by atoms with Gasteiger partial charge in [0.2, 0.25) is 0 Å². The van der Waals surface area contributed by atoms with Gasteiger partial charge in [-0.2, -0.15) is 13.9 Å². The summed E-state index contributed by atoms with van der Waals surface area (Å²) in [5.74, 6) is -0.770. The van der Waals surface area contributed by atoms with Crippen molar-refractivity contribution >= 4 is 22.9 Å². The average molecular weight is 386 g/mol. The van der Waals surface area contributed by atoms with Crippen LogP contribution in [0.2, 0.25) is 0 Å². The highest BCUT2D eigenvalue weighted by Gasteiger charge is 2.12. The number of phenolic OH excluding ortho intramolecular Hbond substituents is 1. The van der Waals surface area contributed by atoms with E-state index in [0.717, 1.165) is 10.8 Å². The number of rotatable bonds is 6. The number of halogens is 2. The highest BCUT2D eigenvalue weighted by atomic mass is 19.3. The van der Waals surface area contributed by atoms with Crippen LogP contribution in [0, 0.1) is 0 Å². The minimum Gasteiger partial charge on any atom is -0.507 e.